The summed E-state index contributed by atoms with van der Waals surface area (Å²) in [7, 11) is 0. The number of pyridine rings is 1. The Labute approximate surface area is 138 Å². The number of aliphatic hydroxyl groups excluding tert-OH is 1. The van der Waals surface area contributed by atoms with Gasteiger partial charge < -0.3 is 15.4 Å². The van der Waals surface area contributed by atoms with Crippen molar-refractivity contribution in [2.45, 2.75) is 18.6 Å². The summed E-state index contributed by atoms with van der Waals surface area (Å²) in [6, 6.07) is 7.19. The minimum atomic E-state index is -0.692. The molecule has 0 fully saturated rings. The van der Waals surface area contributed by atoms with E-state index in [1.807, 2.05) is 18.5 Å². The van der Waals surface area contributed by atoms with Crippen LogP contribution in [0.3, 0.4) is 0 Å². The Morgan fingerprint density at radius 1 is 1.26 bits per heavy atom. The van der Waals surface area contributed by atoms with Crippen LogP contribution in [0.15, 0.2) is 49.2 Å². The van der Waals surface area contributed by atoms with Crippen molar-refractivity contribution in [2.24, 2.45) is 0 Å². The van der Waals surface area contributed by atoms with Crippen LogP contribution in [0.4, 0.5) is 5.69 Å². The molecule has 0 saturated carbocycles. The number of fused-ring (bicyclic) bond motifs is 3. The Kier molecular flexibility index (Phi) is 3.32. The molecule has 2 unspecified atom stereocenters. The highest BCUT2D eigenvalue weighted by Gasteiger charge is 2.30. The van der Waals surface area contributed by atoms with Gasteiger partial charge in [0.15, 0.2) is 0 Å². The predicted molar refractivity (Wildman–Crippen MR) is 89.0 cm³/mol. The topological polar surface area (TPSA) is 77.0 Å². The number of halogens is 1. The molecule has 23 heavy (non-hydrogen) atoms. The number of anilines is 1. The van der Waals surface area contributed by atoms with E-state index in [4.69, 9.17) is 17.3 Å². The highest BCUT2D eigenvalue weighted by molar-refractivity contribution is 6.31. The number of nitrogens with two attached hydrogens (primary N) is 1. The van der Waals surface area contributed by atoms with Crippen LogP contribution in [0, 0.1) is 0 Å². The van der Waals surface area contributed by atoms with Crippen LogP contribution in [0.25, 0.3) is 11.3 Å². The molecule has 3 aromatic rings. The second-order valence-electron chi connectivity index (χ2n) is 5.70. The van der Waals surface area contributed by atoms with Crippen molar-refractivity contribution in [3.8, 4) is 11.3 Å². The molecule has 0 amide bonds. The fourth-order valence-electron chi connectivity index (χ4n) is 3.21. The van der Waals surface area contributed by atoms with Crippen molar-refractivity contribution in [3.05, 3.63) is 65.3 Å². The van der Waals surface area contributed by atoms with Crippen molar-refractivity contribution in [3.63, 3.8) is 0 Å². The molecule has 0 radical (unpaired) electrons. The number of hydrogen-bond donors (Lipinski definition) is 2. The lowest BCUT2D eigenvalue weighted by Crippen LogP contribution is -2.11. The highest BCUT2D eigenvalue weighted by Crippen LogP contribution is 2.43. The zero-order valence-corrected chi connectivity index (χ0v) is 13.0. The van der Waals surface area contributed by atoms with Gasteiger partial charge in [-0.1, -0.05) is 17.7 Å². The Bertz CT molecular complexity index is 877. The van der Waals surface area contributed by atoms with Crippen LogP contribution in [0.1, 0.15) is 29.7 Å². The third kappa shape index (κ3) is 2.29. The second kappa shape index (κ2) is 5.37. The number of rotatable bonds is 3. The molecule has 4 rings (SSSR count). The van der Waals surface area contributed by atoms with Crippen LogP contribution in [-0.4, -0.2) is 19.6 Å². The zero-order chi connectivity index (χ0) is 16.0. The van der Waals surface area contributed by atoms with Gasteiger partial charge in [0.25, 0.3) is 0 Å². The standard InChI is InChI=1S/C17H15ClN4O/c18-14-5-10(19)1-2-12(14)17(23)6-15-11-3-4-20-7-13(11)16-8-21-9-22(15)16/h1-5,7-9,15,17,23H,6,19H2. The van der Waals surface area contributed by atoms with Crippen molar-refractivity contribution in [1.82, 2.24) is 14.5 Å². The Morgan fingerprint density at radius 3 is 2.96 bits per heavy atom. The minimum absolute atomic E-state index is 0.00844. The average Bonchev–Trinajstić information content (AvgIpc) is 3.10. The number of aromatic nitrogens is 3. The molecule has 0 bridgehead atoms. The van der Waals surface area contributed by atoms with Gasteiger partial charge in [-0.3, -0.25) is 4.98 Å². The second-order valence-corrected chi connectivity index (χ2v) is 6.10. The summed E-state index contributed by atoms with van der Waals surface area (Å²) in [6.45, 7) is 0. The average molecular weight is 327 g/mol. The number of aliphatic hydroxyl groups is 1. The van der Waals surface area contributed by atoms with Crippen molar-refractivity contribution in [1.29, 1.82) is 0 Å². The molecule has 0 aliphatic carbocycles. The Hall–Kier alpha value is -2.37. The maximum atomic E-state index is 10.7. The molecule has 0 saturated heterocycles. The lowest BCUT2D eigenvalue weighted by molar-refractivity contribution is 0.154. The molecule has 5 nitrogen and oxygen atoms in total. The lowest BCUT2D eigenvalue weighted by Gasteiger charge is -2.20. The van der Waals surface area contributed by atoms with Gasteiger partial charge in [0, 0.05) is 35.1 Å². The monoisotopic (exact) mass is 326 g/mol. The number of hydrogen-bond acceptors (Lipinski definition) is 4. The summed E-state index contributed by atoms with van der Waals surface area (Å²) in [5.74, 6) is 0. The van der Waals surface area contributed by atoms with E-state index in [-0.39, 0.29) is 6.04 Å². The summed E-state index contributed by atoms with van der Waals surface area (Å²) in [5.41, 5.74) is 10.2. The fourth-order valence-corrected chi connectivity index (χ4v) is 3.53. The van der Waals surface area contributed by atoms with Gasteiger partial charge in [-0.05, 0) is 29.3 Å². The molecular weight excluding hydrogens is 312 g/mol. The first-order valence-corrected chi connectivity index (χ1v) is 7.72. The summed E-state index contributed by atoms with van der Waals surface area (Å²) in [4.78, 5) is 8.40. The zero-order valence-electron chi connectivity index (χ0n) is 12.2. The molecular formula is C17H15ClN4O. The molecule has 116 valence electrons. The third-order valence-electron chi connectivity index (χ3n) is 4.32. The van der Waals surface area contributed by atoms with Gasteiger partial charge in [-0.25, -0.2) is 4.98 Å². The Morgan fingerprint density at radius 2 is 2.13 bits per heavy atom. The molecule has 1 aromatic carbocycles. The van der Waals surface area contributed by atoms with Crippen LogP contribution < -0.4 is 5.73 Å². The van der Waals surface area contributed by atoms with Crippen molar-refractivity contribution in [2.75, 3.05) is 5.73 Å². The molecule has 2 atom stereocenters. The van der Waals surface area contributed by atoms with Gasteiger partial charge in [0.1, 0.15) is 0 Å². The SMILES string of the molecule is Nc1ccc(C(O)CC2c3ccncc3-c3cncn32)c(Cl)c1. The smallest absolute Gasteiger partial charge is 0.0956 e. The van der Waals surface area contributed by atoms with Crippen LogP contribution >= 0.6 is 11.6 Å². The highest BCUT2D eigenvalue weighted by atomic mass is 35.5. The van der Waals surface area contributed by atoms with Gasteiger partial charge in [-0.15, -0.1) is 0 Å². The van der Waals surface area contributed by atoms with E-state index in [0.29, 0.717) is 22.7 Å². The van der Waals surface area contributed by atoms with Crippen LogP contribution in [-0.2, 0) is 0 Å². The maximum absolute atomic E-state index is 10.7. The molecule has 3 N–H and O–H groups in total. The van der Waals surface area contributed by atoms with Gasteiger partial charge in [0.2, 0.25) is 0 Å². The number of nitrogens with zero attached hydrogens (tertiary/aromatic N) is 3. The largest absolute Gasteiger partial charge is 0.399 e. The van der Waals surface area contributed by atoms with E-state index in [2.05, 4.69) is 14.5 Å². The quantitative estimate of drug-likeness (QED) is 0.725. The van der Waals surface area contributed by atoms with Gasteiger partial charge in [0.05, 0.1) is 30.4 Å². The molecule has 1 aliphatic rings. The Balaban J connectivity index is 1.69. The first-order chi connectivity index (χ1) is 11.1. The van der Waals surface area contributed by atoms with E-state index in [0.717, 1.165) is 16.8 Å². The van der Waals surface area contributed by atoms with Crippen LogP contribution in [0.5, 0.6) is 0 Å². The van der Waals surface area contributed by atoms with Crippen molar-refractivity contribution < 1.29 is 5.11 Å². The van der Waals surface area contributed by atoms with Crippen molar-refractivity contribution >= 4 is 17.3 Å². The number of nitrogen functional groups attached to an aromatic ring is 1. The number of imidazole rings is 1. The van der Waals surface area contributed by atoms with Crippen LogP contribution in [0.2, 0.25) is 5.02 Å². The molecule has 0 spiro atoms. The van der Waals surface area contributed by atoms with Gasteiger partial charge in [-0.2, -0.15) is 0 Å². The normalized spacial score (nSPS) is 16.9. The van der Waals surface area contributed by atoms with Gasteiger partial charge >= 0.3 is 0 Å². The van der Waals surface area contributed by atoms with E-state index in [1.165, 1.54) is 0 Å². The lowest BCUT2D eigenvalue weighted by atomic mass is 9.96. The molecule has 2 aromatic heterocycles. The summed E-state index contributed by atoms with van der Waals surface area (Å²) in [5, 5.41) is 11.1. The fraction of sp³-hybridized carbons (Fsp3) is 0.176. The molecule has 1 aliphatic heterocycles. The summed E-state index contributed by atoms with van der Waals surface area (Å²) in [6.07, 6.45) is 7.03. The van der Waals surface area contributed by atoms with E-state index in [9.17, 15) is 5.11 Å². The summed E-state index contributed by atoms with van der Waals surface area (Å²) >= 11 is 6.22. The first kappa shape index (κ1) is 14.2. The predicted octanol–water partition coefficient (Wildman–Crippen LogP) is 3.21. The molecule has 3 heterocycles. The number of benzene rings is 1. The third-order valence-corrected chi connectivity index (χ3v) is 4.65. The summed E-state index contributed by atoms with van der Waals surface area (Å²) < 4.78 is 2.07. The molecule has 6 heteroatoms. The maximum Gasteiger partial charge on any atom is 0.0956 e. The minimum Gasteiger partial charge on any atom is -0.399 e. The first-order valence-electron chi connectivity index (χ1n) is 7.34. The van der Waals surface area contributed by atoms with E-state index >= 15 is 0 Å². The van der Waals surface area contributed by atoms with E-state index in [1.54, 1.807) is 30.7 Å². The van der Waals surface area contributed by atoms with E-state index < -0.39 is 6.10 Å².